The van der Waals surface area contributed by atoms with Crippen LogP contribution in [0.1, 0.15) is 12.8 Å². The zero-order valence-electron chi connectivity index (χ0n) is 14.8. The van der Waals surface area contributed by atoms with Gasteiger partial charge in [-0.15, -0.1) is 0 Å². The number of anilines is 1. The van der Waals surface area contributed by atoms with E-state index >= 15 is 0 Å². The van der Waals surface area contributed by atoms with Crippen molar-refractivity contribution in [2.24, 2.45) is 4.99 Å². The number of hydrogen-bond acceptors (Lipinski definition) is 10. The molecule has 0 fully saturated rings. The molecule has 28 heavy (non-hydrogen) atoms. The van der Waals surface area contributed by atoms with Crippen molar-refractivity contribution in [2.75, 3.05) is 31.6 Å². The lowest BCUT2D eigenvalue weighted by Gasteiger charge is -2.19. The van der Waals surface area contributed by atoms with Crippen LogP contribution in [-0.4, -0.2) is 69.0 Å². The summed E-state index contributed by atoms with van der Waals surface area (Å²) in [5, 5.41) is 19.6. The molecule has 1 aromatic carbocycles. The zero-order valence-corrected chi connectivity index (χ0v) is 16.4. The molecule has 0 radical (unpaired) electrons. The van der Waals surface area contributed by atoms with E-state index in [1.807, 2.05) is 12.1 Å². The minimum atomic E-state index is -0.507. The molecule has 0 saturated carbocycles. The molecule has 0 aliphatic carbocycles. The van der Waals surface area contributed by atoms with Crippen LogP contribution in [-0.2, 0) is 9.57 Å². The molecule has 2 aromatic rings. The summed E-state index contributed by atoms with van der Waals surface area (Å²) in [6.45, 7) is 1.16. The van der Waals surface area contributed by atoms with Crippen LogP contribution in [0.25, 0.3) is 11.0 Å². The average Bonchev–Trinajstić information content (AvgIpc) is 3.15. The largest absolute Gasteiger partial charge is 0.449 e. The molecule has 0 spiro atoms. The highest BCUT2D eigenvalue weighted by Crippen LogP contribution is 2.29. The molecule has 11 nitrogen and oxygen atoms in total. The number of nitrogens with zero attached hydrogens (tertiary/aromatic N) is 5. The molecule has 1 amide bonds. The maximum absolute atomic E-state index is 12.3. The molecule has 2 heterocycles. The maximum Gasteiger partial charge on any atom is 0.416 e. The second-order valence-electron chi connectivity index (χ2n) is 5.74. The van der Waals surface area contributed by atoms with E-state index in [1.54, 1.807) is 12.4 Å². The van der Waals surface area contributed by atoms with E-state index in [2.05, 4.69) is 41.0 Å². The smallest absolute Gasteiger partial charge is 0.416 e. The fourth-order valence-corrected chi connectivity index (χ4v) is 3.08. The first-order valence-corrected chi connectivity index (χ1v) is 9.31. The normalized spacial score (nSPS) is 13.9. The van der Waals surface area contributed by atoms with Gasteiger partial charge in [-0.3, -0.25) is 30.2 Å². The Kier molecular flexibility index (Phi) is 7.06. The van der Waals surface area contributed by atoms with Gasteiger partial charge in [-0.05, 0) is 40.9 Å². The van der Waals surface area contributed by atoms with E-state index in [4.69, 9.17) is 15.2 Å². The van der Waals surface area contributed by atoms with Crippen molar-refractivity contribution in [3.05, 3.63) is 29.0 Å². The molecule has 0 bridgehead atoms. The fourth-order valence-electron chi connectivity index (χ4n) is 2.54. The number of nitrogens with one attached hydrogen (secondary N) is 1. The van der Waals surface area contributed by atoms with E-state index in [0.29, 0.717) is 43.1 Å². The van der Waals surface area contributed by atoms with Gasteiger partial charge in [0.25, 0.3) is 0 Å². The fraction of sp³-hybridized carbons (Fsp3) is 0.375. The third kappa shape index (κ3) is 5.11. The van der Waals surface area contributed by atoms with Gasteiger partial charge in [0.15, 0.2) is 0 Å². The molecule has 0 unspecified atom stereocenters. The third-order valence-electron chi connectivity index (χ3n) is 3.86. The van der Waals surface area contributed by atoms with Crippen LogP contribution in [0.5, 0.6) is 0 Å². The molecular formula is C16H19BrN6O5. The minimum Gasteiger partial charge on any atom is -0.449 e. The van der Waals surface area contributed by atoms with Crippen molar-refractivity contribution in [3.63, 3.8) is 0 Å². The Balaban J connectivity index is 1.55. The maximum atomic E-state index is 12.3. The SMILES string of the molecule is O=C(OCCCCON(O)O)N1CCN=C1Nc1ccc2nccnc2c1Br. The van der Waals surface area contributed by atoms with E-state index in [0.717, 1.165) is 9.99 Å². The molecule has 1 aromatic heterocycles. The number of aromatic nitrogens is 2. The molecule has 0 atom stereocenters. The van der Waals surface area contributed by atoms with Gasteiger partial charge >= 0.3 is 6.09 Å². The standard InChI is InChI=1S/C16H19BrN6O5/c17-13-11(3-4-12-14(13)19-6-5-18-12)21-15-20-7-8-22(15)16(24)27-9-1-2-10-28-23(25)26/h3-6,25-26H,1-2,7-10H2,(H,20,21). The third-order valence-corrected chi connectivity index (χ3v) is 4.66. The predicted molar refractivity (Wildman–Crippen MR) is 102 cm³/mol. The van der Waals surface area contributed by atoms with Crippen molar-refractivity contribution in [1.29, 1.82) is 0 Å². The van der Waals surface area contributed by atoms with Gasteiger partial charge in [0.2, 0.25) is 5.96 Å². The van der Waals surface area contributed by atoms with Crippen LogP contribution in [0, 0.1) is 0 Å². The Morgan fingerprint density at radius 3 is 2.86 bits per heavy atom. The highest BCUT2D eigenvalue weighted by molar-refractivity contribution is 9.10. The lowest BCUT2D eigenvalue weighted by Crippen LogP contribution is -2.39. The lowest BCUT2D eigenvalue weighted by molar-refractivity contribution is -0.492. The zero-order chi connectivity index (χ0) is 19.9. The number of rotatable bonds is 7. The number of carbonyl (C=O) groups is 1. The second kappa shape index (κ2) is 9.71. The summed E-state index contributed by atoms with van der Waals surface area (Å²) in [4.78, 5) is 31.0. The first-order valence-electron chi connectivity index (χ1n) is 8.52. The summed E-state index contributed by atoms with van der Waals surface area (Å²) in [6.07, 6.45) is 3.73. The summed E-state index contributed by atoms with van der Waals surface area (Å²) in [5.74, 6) is 0.397. The van der Waals surface area contributed by atoms with Gasteiger partial charge in [0.1, 0.15) is 5.52 Å². The molecule has 1 aliphatic rings. The average molecular weight is 455 g/mol. The number of unbranched alkanes of at least 4 members (excludes halogenated alkanes) is 1. The summed E-state index contributed by atoms with van der Waals surface area (Å²) in [7, 11) is 0. The first kappa shape index (κ1) is 20.4. The highest BCUT2D eigenvalue weighted by Gasteiger charge is 2.26. The van der Waals surface area contributed by atoms with E-state index in [9.17, 15) is 4.79 Å². The number of benzene rings is 1. The number of guanidine groups is 1. The van der Waals surface area contributed by atoms with Crippen molar-refractivity contribution < 1.29 is 24.8 Å². The second-order valence-corrected chi connectivity index (χ2v) is 6.53. The van der Waals surface area contributed by atoms with E-state index in [-0.39, 0.29) is 18.6 Å². The number of aliphatic imine (C=N–C) groups is 1. The Hall–Kier alpha value is -2.38. The predicted octanol–water partition coefficient (Wildman–Crippen LogP) is 2.40. The molecule has 12 heteroatoms. The summed E-state index contributed by atoms with van der Waals surface area (Å²) in [5.41, 5.74) is 2.16. The van der Waals surface area contributed by atoms with Crippen LogP contribution in [0.3, 0.4) is 0 Å². The Bertz CT molecular complexity index is 865. The van der Waals surface area contributed by atoms with Crippen LogP contribution in [0.15, 0.2) is 34.0 Å². The molecule has 150 valence electrons. The molecule has 3 N–H and O–H groups in total. The molecule has 3 rings (SSSR count). The van der Waals surface area contributed by atoms with Crippen molar-refractivity contribution in [3.8, 4) is 0 Å². The molecule has 1 aliphatic heterocycles. The van der Waals surface area contributed by atoms with Crippen LogP contribution in [0.2, 0.25) is 0 Å². The van der Waals surface area contributed by atoms with Gasteiger partial charge in [0, 0.05) is 12.4 Å². The monoisotopic (exact) mass is 454 g/mol. The Morgan fingerprint density at radius 1 is 1.25 bits per heavy atom. The van der Waals surface area contributed by atoms with Crippen LogP contribution >= 0.6 is 15.9 Å². The van der Waals surface area contributed by atoms with Gasteiger partial charge in [-0.2, -0.15) is 0 Å². The van der Waals surface area contributed by atoms with Crippen LogP contribution in [0.4, 0.5) is 10.5 Å². The van der Waals surface area contributed by atoms with Crippen LogP contribution < -0.4 is 5.32 Å². The van der Waals surface area contributed by atoms with Gasteiger partial charge in [-0.25, -0.2) is 9.69 Å². The lowest BCUT2D eigenvalue weighted by atomic mass is 10.2. The summed E-state index contributed by atoms with van der Waals surface area (Å²) in [6, 6.07) is 3.66. The van der Waals surface area contributed by atoms with Gasteiger partial charge < -0.3 is 10.1 Å². The minimum absolute atomic E-state index is 0.0986. The van der Waals surface area contributed by atoms with Crippen molar-refractivity contribution in [1.82, 2.24) is 20.3 Å². The van der Waals surface area contributed by atoms with Crippen molar-refractivity contribution >= 4 is 44.7 Å². The molecular weight excluding hydrogens is 436 g/mol. The number of hydrogen-bond donors (Lipinski definition) is 3. The first-order chi connectivity index (χ1) is 13.6. The van der Waals surface area contributed by atoms with E-state index in [1.165, 1.54) is 4.90 Å². The Labute approximate surface area is 168 Å². The topological polar surface area (TPSA) is 133 Å². The van der Waals surface area contributed by atoms with E-state index < -0.39 is 6.09 Å². The molecule has 0 saturated heterocycles. The van der Waals surface area contributed by atoms with Crippen molar-refractivity contribution in [2.45, 2.75) is 12.8 Å². The van der Waals surface area contributed by atoms with Gasteiger partial charge in [0.05, 0.1) is 47.4 Å². The summed E-state index contributed by atoms with van der Waals surface area (Å²) >= 11 is 3.52. The number of carbonyl (C=O) groups excluding carboxylic acids is 1. The quantitative estimate of drug-likeness (QED) is 0.425. The highest BCUT2D eigenvalue weighted by atomic mass is 79.9. The Morgan fingerprint density at radius 2 is 2.04 bits per heavy atom. The van der Waals surface area contributed by atoms with Gasteiger partial charge in [-0.1, -0.05) is 0 Å². The summed E-state index contributed by atoms with van der Waals surface area (Å²) < 4.78 is 5.96. The number of halogens is 1. The number of ether oxygens (including phenoxy) is 1. The number of amides is 1. The number of fused-ring (bicyclic) bond motifs is 1.